The summed E-state index contributed by atoms with van der Waals surface area (Å²) in [4.78, 5) is 29.3. The maximum atomic E-state index is 12.4. The minimum atomic E-state index is -0.116. The second-order valence-electron chi connectivity index (χ2n) is 6.76. The summed E-state index contributed by atoms with van der Waals surface area (Å²) >= 11 is 1.66. The maximum absolute atomic E-state index is 12.4. The molecule has 0 bridgehead atoms. The number of hydrogen-bond donors (Lipinski definition) is 1. The van der Waals surface area contributed by atoms with Crippen molar-refractivity contribution < 1.29 is 9.59 Å². The predicted octanol–water partition coefficient (Wildman–Crippen LogP) is 3.20. The molecule has 0 atom stereocenters. The number of nitrogens with zero attached hydrogens (tertiary/aromatic N) is 2. The lowest BCUT2D eigenvalue weighted by Gasteiger charge is -2.22. The van der Waals surface area contributed by atoms with Crippen LogP contribution in [0.5, 0.6) is 0 Å². The van der Waals surface area contributed by atoms with Gasteiger partial charge in [0.1, 0.15) is 0 Å². The average Bonchev–Trinajstić information content (AvgIpc) is 2.95. The van der Waals surface area contributed by atoms with E-state index in [9.17, 15) is 9.59 Å². The minimum absolute atomic E-state index is 0.000159. The van der Waals surface area contributed by atoms with E-state index in [2.05, 4.69) is 11.4 Å². The van der Waals surface area contributed by atoms with Crippen molar-refractivity contribution in [2.45, 2.75) is 27.3 Å². The Morgan fingerprint density at radius 3 is 2.23 bits per heavy atom. The van der Waals surface area contributed by atoms with E-state index in [-0.39, 0.29) is 24.9 Å². The highest BCUT2D eigenvalue weighted by Crippen LogP contribution is 2.19. The van der Waals surface area contributed by atoms with Gasteiger partial charge in [-0.2, -0.15) is 0 Å². The van der Waals surface area contributed by atoms with Crippen LogP contribution in [0, 0.1) is 20.8 Å². The summed E-state index contributed by atoms with van der Waals surface area (Å²) in [5, 5.41) is 4.99. The fourth-order valence-electron chi connectivity index (χ4n) is 2.71. The van der Waals surface area contributed by atoms with Crippen LogP contribution in [0.4, 0.5) is 5.69 Å². The Hall–Kier alpha value is -2.18. The third kappa shape index (κ3) is 5.41. The maximum Gasteiger partial charge on any atom is 0.238 e. The van der Waals surface area contributed by atoms with Crippen molar-refractivity contribution in [2.75, 3.05) is 32.5 Å². The number of para-hydroxylation sites is 1. The summed E-state index contributed by atoms with van der Waals surface area (Å²) < 4.78 is 0. The van der Waals surface area contributed by atoms with Crippen molar-refractivity contribution in [3.05, 3.63) is 51.2 Å². The number of aryl methyl sites for hydroxylation is 3. The molecular weight excluding hydrogens is 346 g/mol. The Balaban J connectivity index is 1.85. The quantitative estimate of drug-likeness (QED) is 0.811. The molecule has 0 saturated carbocycles. The van der Waals surface area contributed by atoms with Gasteiger partial charge in [-0.1, -0.05) is 18.2 Å². The zero-order valence-corrected chi connectivity index (χ0v) is 16.9. The Kier molecular flexibility index (Phi) is 6.94. The molecule has 0 saturated heterocycles. The van der Waals surface area contributed by atoms with Gasteiger partial charge in [0.25, 0.3) is 0 Å². The number of benzene rings is 1. The fraction of sp³-hybridized carbons (Fsp3) is 0.400. The SMILES string of the molecule is Cc1ccsc1CN(C)C(=O)CN(C)CC(=O)Nc1c(C)cccc1C. The Bertz CT molecular complexity index is 765. The van der Waals surface area contributed by atoms with Crippen molar-refractivity contribution in [2.24, 2.45) is 0 Å². The van der Waals surface area contributed by atoms with Crippen LogP contribution in [0.3, 0.4) is 0 Å². The largest absolute Gasteiger partial charge is 0.339 e. The van der Waals surface area contributed by atoms with Crippen molar-refractivity contribution in [3.8, 4) is 0 Å². The summed E-state index contributed by atoms with van der Waals surface area (Å²) in [7, 11) is 3.58. The average molecular weight is 374 g/mol. The Morgan fingerprint density at radius 1 is 1.00 bits per heavy atom. The molecule has 0 spiro atoms. The van der Waals surface area contributed by atoms with Crippen molar-refractivity contribution >= 4 is 28.8 Å². The van der Waals surface area contributed by atoms with Gasteiger partial charge in [-0.05, 0) is 56.0 Å². The molecule has 1 N–H and O–H groups in total. The van der Waals surface area contributed by atoms with Gasteiger partial charge in [0.2, 0.25) is 11.8 Å². The van der Waals surface area contributed by atoms with E-state index < -0.39 is 0 Å². The van der Waals surface area contributed by atoms with E-state index in [1.54, 1.807) is 35.2 Å². The molecule has 0 aliphatic carbocycles. The van der Waals surface area contributed by atoms with Crippen LogP contribution in [0.15, 0.2) is 29.6 Å². The lowest BCUT2D eigenvalue weighted by Crippen LogP contribution is -2.39. The molecule has 1 aromatic heterocycles. The number of carbonyl (C=O) groups excluding carboxylic acids is 2. The highest BCUT2D eigenvalue weighted by Gasteiger charge is 2.16. The van der Waals surface area contributed by atoms with Gasteiger partial charge in [-0.3, -0.25) is 14.5 Å². The molecule has 6 heteroatoms. The molecule has 0 aliphatic heterocycles. The minimum Gasteiger partial charge on any atom is -0.339 e. The number of nitrogens with one attached hydrogen (secondary N) is 1. The summed E-state index contributed by atoms with van der Waals surface area (Å²) in [5.41, 5.74) is 4.12. The Labute approximate surface area is 159 Å². The van der Waals surface area contributed by atoms with E-state index in [1.165, 1.54) is 10.4 Å². The molecule has 0 aliphatic rings. The van der Waals surface area contributed by atoms with E-state index in [0.717, 1.165) is 16.8 Å². The first-order valence-corrected chi connectivity index (χ1v) is 9.47. The zero-order valence-electron chi connectivity index (χ0n) is 16.1. The fourth-order valence-corrected chi connectivity index (χ4v) is 3.67. The topological polar surface area (TPSA) is 52.7 Å². The first kappa shape index (κ1) is 20.1. The molecule has 26 heavy (non-hydrogen) atoms. The molecule has 2 aromatic rings. The summed E-state index contributed by atoms with van der Waals surface area (Å²) in [5.74, 6) is -0.116. The number of carbonyl (C=O) groups is 2. The highest BCUT2D eigenvalue weighted by atomic mass is 32.1. The highest BCUT2D eigenvalue weighted by molar-refractivity contribution is 7.10. The molecular formula is C20H27N3O2S. The summed E-state index contributed by atoms with van der Waals surface area (Å²) in [6, 6.07) is 7.97. The number of likely N-dealkylation sites (N-methyl/N-ethyl adjacent to an activating group) is 2. The van der Waals surface area contributed by atoms with Gasteiger partial charge in [-0.15, -0.1) is 11.3 Å². The van der Waals surface area contributed by atoms with Gasteiger partial charge < -0.3 is 10.2 Å². The van der Waals surface area contributed by atoms with Crippen molar-refractivity contribution in [1.82, 2.24) is 9.80 Å². The molecule has 5 nitrogen and oxygen atoms in total. The second kappa shape index (κ2) is 8.96. The van der Waals surface area contributed by atoms with Crippen LogP contribution in [-0.4, -0.2) is 48.8 Å². The normalized spacial score (nSPS) is 10.8. The van der Waals surface area contributed by atoms with Gasteiger partial charge in [0.05, 0.1) is 19.6 Å². The van der Waals surface area contributed by atoms with E-state index in [1.807, 2.05) is 44.4 Å². The molecule has 2 rings (SSSR count). The molecule has 0 fully saturated rings. The third-order valence-electron chi connectivity index (χ3n) is 4.34. The van der Waals surface area contributed by atoms with Crippen LogP contribution in [0.2, 0.25) is 0 Å². The number of thiophene rings is 1. The van der Waals surface area contributed by atoms with Crippen molar-refractivity contribution in [1.29, 1.82) is 0 Å². The number of hydrogen-bond acceptors (Lipinski definition) is 4. The molecule has 1 heterocycles. The van der Waals surface area contributed by atoms with Gasteiger partial charge in [0.15, 0.2) is 0 Å². The smallest absolute Gasteiger partial charge is 0.238 e. The lowest BCUT2D eigenvalue weighted by atomic mass is 10.1. The van der Waals surface area contributed by atoms with E-state index in [4.69, 9.17) is 0 Å². The second-order valence-corrected chi connectivity index (χ2v) is 7.76. The van der Waals surface area contributed by atoms with Gasteiger partial charge >= 0.3 is 0 Å². The van der Waals surface area contributed by atoms with Crippen LogP contribution in [0.1, 0.15) is 21.6 Å². The zero-order chi connectivity index (χ0) is 19.3. The molecule has 1 aromatic carbocycles. The third-order valence-corrected chi connectivity index (χ3v) is 5.35. The standard InChI is InChI=1S/C20H27N3O2S/c1-14-9-10-26-17(14)11-23(5)19(25)13-22(4)12-18(24)21-20-15(2)7-6-8-16(20)3/h6-10H,11-13H2,1-5H3,(H,21,24). The van der Waals surface area contributed by atoms with E-state index in [0.29, 0.717) is 6.54 Å². The van der Waals surface area contributed by atoms with Gasteiger partial charge in [0, 0.05) is 17.6 Å². The molecule has 0 unspecified atom stereocenters. The monoisotopic (exact) mass is 373 g/mol. The predicted molar refractivity (Wildman–Crippen MR) is 108 cm³/mol. The van der Waals surface area contributed by atoms with E-state index >= 15 is 0 Å². The molecule has 0 radical (unpaired) electrons. The first-order chi connectivity index (χ1) is 12.3. The number of amides is 2. The Morgan fingerprint density at radius 2 is 1.65 bits per heavy atom. The van der Waals surface area contributed by atoms with Crippen LogP contribution >= 0.6 is 11.3 Å². The summed E-state index contributed by atoms with van der Waals surface area (Å²) in [6.45, 7) is 6.97. The van der Waals surface area contributed by atoms with Crippen LogP contribution in [0.25, 0.3) is 0 Å². The molecule has 140 valence electrons. The summed E-state index contributed by atoms with van der Waals surface area (Å²) in [6.07, 6.45) is 0. The van der Waals surface area contributed by atoms with Crippen molar-refractivity contribution in [3.63, 3.8) is 0 Å². The van der Waals surface area contributed by atoms with Crippen LogP contribution in [-0.2, 0) is 16.1 Å². The first-order valence-electron chi connectivity index (χ1n) is 8.59. The van der Waals surface area contributed by atoms with Crippen LogP contribution < -0.4 is 5.32 Å². The lowest BCUT2D eigenvalue weighted by molar-refractivity contribution is -0.131. The molecule has 2 amide bonds. The number of anilines is 1. The van der Waals surface area contributed by atoms with Gasteiger partial charge in [-0.25, -0.2) is 0 Å². The number of rotatable bonds is 7.